The van der Waals surface area contributed by atoms with Gasteiger partial charge >= 0.3 is 0 Å². The van der Waals surface area contributed by atoms with Gasteiger partial charge in [-0.2, -0.15) is 9.97 Å². The fourth-order valence-electron chi connectivity index (χ4n) is 7.23. The lowest BCUT2D eigenvalue weighted by atomic mass is 9.76. The van der Waals surface area contributed by atoms with E-state index >= 15 is 0 Å². The van der Waals surface area contributed by atoms with Gasteiger partial charge in [0.15, 0.2) is 11.6 Å². The van der Waals surface area contributed by atoms with Crippen LogP contribution in [0.4, 0.5) is 5.95 Å². The number of furan rings is 1. The normalized spacial score (nSPS) is 18.9. The third kappa shape index (κ3) is 4.18. The van der Waals surface area contributed by atoms with Crippen LogP contribution in [-0.2, 0) is 0 Å². The fourth-order valence-corrected chi connectivity index (χ4v) is 7.23. The third-order valence-electron chi connectivity index (χ3n) is 11.2. The van der Waals surface area contributed by atoms with Crippen molar-refractivity contribution in [1.29, 1.82) is 0 Å². The Morgan fingerprint density at radius 2 is 1.09 bits per heavy atom. The maximum atomic E-state index is 6.14. The van der Waals surface area contributed by atoms with E-state index in [-0.39, 0.29) is 16.6 Å². The summed E-state index contributed by atoms with van der Waals surface area (Å²) < 4.78 is 6.14. The number of anilines is 1. The molecule has 4 heterocycles. The van der Waals surface area contributed by atoms with Crippen molar-refractivity contribution < 1.29 is 4.42 Å². The quantitative estimate of drug-likeness (QED) is 0.196. The Morgan fingerprint density at radius 3 is 1.81 bits per heavy atom. The Kier molecular flexibility index (Phi) is 6.08. The van der Waals surface area contributed by atoms with E-state index in [9.17, 15) is 0 Å². The molecule has 4 aromatic carbocycles. The summed E-state index contributed by atoms with van der Waals surface area (Å²) in [6.07, 6.45) is 0. The Morgan fingerprint density at radius 1 is 0.511 bits per heavy atom. The molecule has 0 bridgehead atoms. The number of nitrogens with zero attached hydrogens (tertiary/aromatic N) is 6. The van der Waals surface area contributed by atoms with Gasteiger partial charge in [0.2, 0.25) is 11.9 Å². The minimum absolute atomic E-state index is 0.225. The van der Waals surface area contributed by atoms with E-state index in [1.165, 1.54) is 5.56 Å². The molecule has 0 aliphatic carbocycles. The molecule has 6 aromatic rings. The fraction of sp³-hybridized carbons (Fsp3) is 0.300. The van der Waals surface area contributed by atoms with Gasteiger partial charge in [-0.15, -0.1) is 0 Å². The second kappa shape index (κ2) is 9.74. The first-order chi connectivity index (χ1) is 22.3. The lowest BCUT2D eigenvalue weighted by Crippen LogP contribution is -2.63. The summed E-state index contributed by atoms with van der Waals surface area (Å²) in [6.45, 7) is 18.1. The van der Waals surface area contributed by atoms with E-state index in [4.69, 9.17) is 24.4 Å². The van der Waals surface area contributed by atoms with Crippen LogP contribution in [0.15, 0.2) is 106 Å². The molecule has 0 saturated carbocycles. The molecular weight excluding hydrogens is 580 g/mol. The lowest BCUT2D eigenvalue weighted by Gasteiger charge is -2.50. The van der Waals surface area contributed by atoms with Crippen LogP contribution < -0.4 is 4.90 Å². The molecule has 2 aliphatic heterocycles. The number of benzene rings is 4. The number of fused-ring (bicyclic) bond motifs is 4. The van der Waals surface area contributed by atoms with E-state index in [2.05, 4.69) is 126 Å². The number of hydrogen-bond acceptors (Lipinski definition) is 7. The zero-order valence-electron chi connectivity index (χ0n) is 28.3. The molecule has 0 amide bonds. The summed E-state index contributed by atoms with van der Waals surface area (Å²) in [5, 5.41) is 2.10. The van der Waals surface area contributed by atoms with Crippen LogP contribution in [0, 0.1) is 0 Å². The minimum Gasteiger partial charge on any atom is -0.456 e. The first kappa shape index (κ1) is 29.4. The van der Waals surface area contributed by atoms with Gasteiger partial charge < -0.3 is 9.32 Å². The standard InChI is InChI=1S/C40H40N6O/c1-37(2)38(3,4)46-36(44-37)45(39(5,6)40(46,7)8)35-42-33(27-20-18-26(19-21-27)25-14-10-9-11-15-25)41-34(43-35)28-22-23-32-30(24-28)29-16-12-13-17-31(29)47-32/h9-24H,1-8H3. The van der Waals surface area contributed by atoms with Gasteiger partial charge in [0.05, 0.1) is 22.2 Å². The summed E-state index contributed by atoms with van der Waals surface area (Å²) in [4.78, 5) is 25.6. The van der Waals surface area contributed by atoms with Crippen molar-refractivity contribution in [2.75, 3.05) is 4.90 Å². The predicted molar refractivity (Wildman–Crippen MR) is 191 cm³/mol. The monoisotopic (exact) mass is 620 g/mol. The van der Waals surface area contributed by atoms with Crippen LogP contribution in [0.5, 0.6) is 0 Å². The summed E-state index contributed by atoms with van der Waals surface area (Å²) in [7, 11) is 0. The maximum absolute atomic E-state index is 6.14. The molecule has 0 unspecified atom stereocenters. The summed E-state index contributed by atoms with van der Waals surface area (Å²) >= 11 is 0. The number of aliphatic imine (C=N–C) groups is 1. The van der Waals surface area contributed by atoms with Crippen LogP contribution in [0.2, 0.25) is 0 Å². The molecule has 2 aromatic heterocycles. The molecule has 1 saturated heterocycles. The van der Waals surface area contributed by atoms with Crippen LogP contribution >= 0.6 is 0 Å². The molecule has 0 radical (unpaired) electrons. The number of hydrogen-bond donors (Lipinski definition) is 0. The highest BCUT2D eigenvalue weighted by molar-refractivity contribution is 6.06. The largest absolute Gasteiger partial charge is 0.456 e. The number of para-hydroxylation sites is 1. The zero-order valence-corrected chi connectivity index (χ0v) is 28.3. The molecule has 236 valence electrons. The smallest absolute Gasteiger partial charge is 0.236 e. The van der Waals surface area contributed by atoms with Crippen LogP contribution in [-0.4, -0.2) is 48.0 Å². The van der Waals surface area contributed by atoms with E-state index < -0.39 is 5.54 Å². The van der Waals surface area contributed by atoms with Crippen LogP contribution in [0.1, 0.15) is 55.4 Å². The van der Waals surface area contributed by atoms with Crippen molar-refractivity contribution in [3.8, 4) is 33.9 Å². The molecule has 47 heavy (non-hydrogen) atoms. The Bertz CT molecular complexity index is 2210. The van der Waals surface area contributed by atoms with Crippen molar-refractivity contribution in [1.82, 2.24) is 19.9 Å². The summed E-state index contributed by atoms with van der Waals surface area (Å²) in [5.74, 6) is 2.70. The molecule has 8 rings (SSSR count). The first-order valence-electron chi connectivity index (χ1n) is 16.3. The second-order valence-electron chi connectivity index (χ2n) is 14.9. The summed E-state index contributed by atoms with van der Waals surface area (Å²) in [6, 6.07) is 33.2. The summed E-state index contributed by atoms with van der Waals surface area (Å²) in [5.41, 5.74) is 4.63. The lowest BCUT2D eigenvalue weighted by molar-refractivity contribution is 0.0527. The van der Waals surface area contributed by atoms with E-state index in [0.717, 1.165) is 44.6 Å². The Labute approximate surface area is 276 Å². The highest BCUT2D eigenvalue weighted by atomic mass is 16.3. The number of rotatable bonds is 4. The van der Waals surface area contributed by atoms with Crippen LogP contribution in [0.25, 0.3) is 55.8 Å². The van der Waals surface area contributed by atoms with Crippen molar-refractivity contribution in [3.05, 3.63) is 97.1 Å². The van der Waals surface area contributed by atoms with Gasteiger partial charge in [-0.1, -0.05) is 72.8 Å². The Balaban J connectivity index is 1.33. The molecule has 7 heteroatoms. The molecule has 0 N–H and O–H groups in total. The molecular formula is C40H40N6O. The van der Waals surface area contributed by atoms with E-state index in [0.29, 0.717) is 17.6 Å². The highest BCUT2D eigenvalue weighted by Gasteiger charge is 2.66. The van der Waals surface area contributed by atoms with Crippen molar-refractivity contribution in [2.45, 2.75) is 77.5 Å². The average Bonchev–Trinajstić information content (AvgIpc) is 3.56. The van der Waals surface area contributed by atoms with E-state index in [1.807, 2.05) is 36.4 Å². The average molecular weight is 621 g/mol. The number of guanidine groups is 1. The van der Waals surface area contributed by atoms with Gasteiger partial charge in [0.1, 0.15) is 11.2 Å². The van der Waals surface area contributed by atoms with Crippen molar-refractivity contribution >= 4 is 33.8 Å². The third-order valence-corrected chi connectivity index (χ3v) is 11.2. The second-order valence-corrected chi connectivity index (χ2v) is 14.9. The van der Waals surface area contributed by atoms with Gasteiger partial charge in [-0.3, -0.25) is 4.90 Å². The topological polar surface area (TPSA) is 70.6 Å². The van der Waals surface area contributed by atoms with Gasteiger partial charge in [0, 0.05) is 21.9 Å². The zero-order chi connectivity index (χ0) is 32.9. The molecule has 0 atom stereocenters. The predicted octanol–water partition coefficient (Wildman–Crippen LogP) is 9.38. The van der Waals surface area contributed by atoms with Gasteiger partial charge in [0.25, 0.3) is 0 Å². The minimum atomic E-state index is -0.391. The van der Waals surface area contributed by atoms with E-state index in [1.54, 1.807) is 0 Å². The first-order valence-corrected chi connectivity index (χ1v) is 16.3. The maximum Gasteiger partial charge on any atom is 0.236 e. The highest BCUT2D eigenvalue weighted by Crippen LogP contribution is 2.53. The molecule has 7 nitrogen and oxygen atoms in total. The van der Waals surface area contributed by atoms with Crippen molar-refractivity contribution in [2.24, 2.45) is 4.99 Å². The molecule has 1 fully saturated rings. The van der Waals surface area contributed by atoms with Crippen LogP contribution in [0.3, 0.4) is 0 Å². The van der Waals surface area contributed by atoms with Gasteiger partial charge in [-0.25, -0.2) is 9.98 Å². The van der Waals surface area contributed by atoms with Crippen molar-refractivity contribution in [3.63, 3.8) is 0 Å². The Hall–Kier alpha value is -5.04. The number of aromatic nitrogens is 3. The van der Waals surface area contributed by atoms with Gasteiger partial charge in [-0.05, 0) is 90.8 Å². The SMILES string of the molecule is CC1(C)N=C2N(c3nc(-c4ccc(-c5ccccc5)cc4)nc(-c4ccc5oc6ccccc6c5c4)n3)C(C)(C)C(C)(C)N2C1(C)C. The molecule has 0 spiro atoms. The molecule has 2 aliphatic rings.